The first-order valence-electron chi connectivity index (χ1n) is 6.66. The summed E-state index contributed by atoms with van der Waals surface area (Å²) in [4.78, 5) is 4.58. The van der Waals surface area contributed by atoms with Gasteiger partial charge in [-0.25, -0.2) is 9.37 Å². The average molecular weight is 278 g/mol. The average Bonchev–Trinajstić information content (AvgIpc) is 2.89. The summed E-state index contributed by atoms with van der Waals surface area (Å²) >= 11 is 1.60. The third kappa shape index (κ3) is 3.85. The van der Waals surface area contributed by atoms with E-state index in [-0.39, 0.29) is 5.82 Å². The highest BCUT2D eigenvalue weighted by molar-refractivity contribution is 7.13. The third-order valence-corrected chi connectivity index (χ3v) is 4.14. The van der Waals surface area contributed by atoms with Gasteiger partial charge in [0.2, 0.25) is 0 Å². The Hall–Kier alpha value is -1.26. The minimum absolute atomic E-state index is 0.212. The molecule has 0 aliphatic heterocycles. The topological polar surface area (TPSA) is 24.9 Å². The van der Waals surface area contributed by atoms with E-state index in [0.717, 1.165) is 35.7 Å². The maximum atomic E-state index is 12.9. The van der Waals surface area contributed by atoms with E-state index in [9.17, 15) is 4.39 Å². The lowest BCUT2D eigenvalue weighted by Gasteiger charge is -2.13. The highest BCUT2D eigenvalue weighted by atomic mass is 32.1. The van der Waals surface area contributed by atoms with E-state index >= 15 is 0 Å². The molecule has 0 saturated heterocycles. The summed E-state index contributed by atoms with van der Waals surface area (Å²) in [6, 6.07) is 7.03. The van der Waals surface area contributed by atoms with Gasteiger partial charge in [-0.1, -0.05) is 13.8 Å². The van der Waals surface area contributed by atoms with E-state index in [2.05, 4.69) is 29.5 Å². The van der Waals surface area contributed by atoms with Crippen molar-refractivity contribution in [2.24, 2.45) is 0 Å². The molecule has 0 unspecified atom stereocenters. The van der Waals surface area contributed by atoms with Crippen LogP contribution in [0.15, 0.2) is 29.6 Å². The standard InChI is InChI=1S/C15H19FN2S/c1-3-13(4-2)17-9-14-10-19-15(18-14)11-5-7-12(16)8-6-11/h5-8,10,13,17H,3-4,9H2,1-2H3. The molecule has 19 heavy (non-hydrogen) atoms. The van der Waals surface area contributed by atoms with Gasteiger partial charge >= 0.3 is 0 Å². The number of hydrogen-bond donors (Lipinski definition) is 1. The molecule has 4 heteroatoms. The summed E-state index contributed by atoms with van der Waals surface area (Å²) in [6.07, 6.45) is 2.26. The molecule has 0 aliphatic rings. The Morgan fingerprint density at radius 1 is 1.21 bits per heavy atom. The lowest BCUT2D eigenvalue weighted by molar-refractivity contribution is 0.481. The van der Waals surface area contributed by atoms with Crippen LogP contribution in [0.2, 0.25) is 0 Å². The predicted octanol–water partition coefficient (Wildman–Crippen LogP) is 4.23. The van der Waals surface area contributed by atoms with Gasteiger partial charge in [0.05, 0.1) is 5.69 Å². The molecule has 1 aromatic carbocycles. The molecule has 0 amide bonds. The SMILES string of the molecule is CCC(CC)NCc1csc(-c2ccc(F)cc2)n1. The van der Waals surface area contributed by atoms with Crippen molar-refractivity contribution in [2.75, 3.05) is 0 Å². The summed E-state index contributed by atoms with van der Waals surface area (Å²) < 4.78 is 12.9. The molecule has 0 radical (unpaired) electrons. The van der Waals surface area contributed by atoms with Gasteiger partial charge in [-0.2, -0.15) is 0 Å². The molecule has 2 rings (SSSR count). The number of nitrogens with zero attached hydrogens (tertiary/aromatic N) is 1. The molecule has 102 valence electrons. The Bertz CT molecular complexity index is 503. The molecule has 0 atom stereocenters. The summed E-state index contributed by atoms with van der Waals surface area (Å²) in [6.45, 7) is 5.17. The van der Waals surface area contributed by atoms with Crippen molar-refractivity contribution in [3.63, 3.8) is 0 Å². The Labute approximate surface area is 117 Å². The second kappa shape index (κ2) is 6.78. The van der Waals surface area contributed by atoms with Gasteiger partial charge in [0.15, 0.2) is 0 Å². The largest absolute Gasteiger partial charge is 0.308 e. The fourth-order valence-corrected chi connectivity index (χ4v) is 2.77. The lowest BCUT2D eigenvalue weighted by atomic mass is 10.2. The van der Waals surface area contributed by atoms with Crippen molar-refractivity contribution < 1.29 is 4.39 Å². The Balaban J connectivity index is 2.01. The number of aromatic nitrogens is 1. The van der Waals surface area contributed by atoms with Crippen LogP contribution in [0.4, 0.5) is 4.39 Å². The smallest absolute Gasteiger partial charge is 0.123 e. The molecular formula is C15H19FN2S. The summed E-state index contributed by atoms with van der Waals surface area (Å²) in [5.41, 5.74) is 2.02. The molecule has 0 spiro atoms. The van der Waals surface area contributed by atoms with Crippen LogP contribution in [0.25, 0.3) is 10.6 Å². The molecule has 0 fully saturated rings. The molecular weight excluding hydrogens is 259 g/mol. The van der Waals surface area contributed by atoms with Gasteiger partial charge in [-0.3, -0.25) is 0 Å². The molecule has 1 aromatic heterocycles. The first-order valence-corrected chi connectivity index (χ1v) is 7.54. The van der Waals surface area contributed by atoms with E-state index in [4.69, 9.17) is 0 Å². The second-order valence-electron chi connectivity index (χ2n) is 4.55. The van der Waals surface area contributed by atoms with Crippen molar-refractivity contribution in [3.8, 4) is 10.6 Å². The maximum absolute atomic E-state index is 12.9. The van der Waals surface area contributed by atoms with Crippen LogP contribution in [0.5, 0.6) is 0 Å². The fourth-order valence-electron chi connectivity index (χ4n) is 1.94. The molecule has 0 bridgehead atoms. The van der Waals surface area contributed by atoms with Gasteiger partial charge < -0.3 is 5.32 Å². The van der Waals surface area contributed by atoms with Gasteiger partial charge in [-0.05, 0) is 37.1 Å². The summed E-state index contributed by atoms with van der Waals surface area (Å²) in [5, 5.41) is 6.50. The van der Waals surface area contributed by atoms with Crippen LogP contribution in [-0.2, 0) is 6.54 Å². The number of nitrogens with one attached hydrogen (secondary N) is 1. The highest BCUT2D eigenvalue weighted by Gasteiger charge is 2.07. The number of halogens is 1. The molecule has 1 N–H and O–H groups in total. The van der Waals surface area contributed by atoms with E-state index in [1.54, 1.807) is 23.5 Å². The number of benzene rings is 1. The molecule has 2 aromatic rings. The quantitative estimate of drug-likeness (QED) is 0.855. The summed E-state index contributed by atoms with van der Waals surface area (Å²) in [5.74, 6) is -0.212. The Morgan fingerprint density at radius 2 is 1.89 bits per heavy atom. The highest BCUT2D eigenvalue weighted by Crippen LogP contribution is 2.23. The molecule has 2 nitrogen and oxygen atoms in total. The van der Waals surface area contributed by atoms with Crippen LogP contribution in [0.3, 0.4) is 0 Å². The van der Waals surface area contributed by atoms with Crippen molar-refractivity contribution in [1.82, 2.24) is 10.3 Å². The van der Waals surface area contributed by atoms with Gasteiger partial charge in [0.1, 0.15) is 10.8 Å². The minimum Gasteiger partial charge on any atom is -0.308 e. The zero-order valence-corrected chi connectivity index (χ0v) is 12.1. The minimum atomic E-state index is -0.212. The molecule has 0 saturated carbocycles. The summed E-state index contributed by atoms with van der Waals surface area (Å²) in [7, 11) is 0. The zero-order chi connectivity index (χ0) is 13.7. The molecule has 1 heterocycles. The van der Waals surface area contributed by atoms with Gasteiger partial charge in [-0.15, -0.1) is 11.3 Å². The number of thiazole rings is 1. The van der Waals surface area contributed by atoms with Gasteiger partial charge in [0.25, 0.3) is 0 Å². The third-order valence-electron chi connectivity index (χ3n) is 3.20. The van der Waals surface area contributed by atoms with Gasteiger partial charge in [0, 0.05) is 23.5 Å². The zero-order valence-electron chi connectivity index (χ0n) is 11.3. The van der Waals surface area contributed by atoms with Crippen LogP contribution < -0.4 is 5.32 Å². The van der Waals surface area contributed by atoms with Crippen LogP contribution in [0, 0.1) is 5.82 Å². The first kappa shape index (κ1) is 14.2. The number of rotatable bonds is 6. The second-order valence-corrected chi connectivity index (χ2v) is 5.40. The van der Waals surface area contributed by atoms with Crippen molar-refractivity contribution >= 4 is 11.3 Å². The van der Waals surface area contributed by atoms with E-state index in [1.165, 1.54) is 12.1 Å². The van der Waals surface area contributed by atoms with Crippen LogP contribution >= 0.6 is 11.3 Å². The van der Waals surface area contributed by atoms with Crippen molar-refractivity contribution in [3.05, 3.63) is 41.2 Å². The van der Waals surface area contributed by atoms with Crippen molar-refractivity contribution in [1.29, 1.82) is 0 Å². The normalized spacial score (nSPS) is 11.2. The lowest BCUT2D eigenvalue weighted by Crippen LogP contribution is -2.27. The van der Waals surface area contributed by atoms with E-state index in [1.807, 2.05) is 0 Å². The fraction of sp³-hybridized carbons (Fsp3) is 0.400. The van der Waals surface area contributed by atoms with Crippen LogP contribution in [0.1, 0.15) is 32.4 Å². The monoisotopic (exact) mass is 278 g/mol. The van der Waals surface area contributed by atoms with E-state index < -0.39 is 0 Å². The van der Waals surface area contributed by atoms with Crippen molar-refractivity contribution in [2.45, 2.75) is 39.3 Å². The molecule has 0 aliphatic carbocycles. The maximum Gasteiger partial charge on any atom is 0.123 e. The van der Waals surface area contributed by atoms with Crippen LogP contribution in [-0.4, -0.2) is 11.0 Å². The first-order chi connectivity index (χ1) is 9.22. The Morgan fingerprint density at radius 3 is 2.53 bits per heavy atom. The predicted molar refractivity (Wildman–Crippen MR) is 78.7 cm³/mol. The number of hydrogen-bond acceptors (Lipinski definition) is 3. The van der Waals surface area contributed by atoms with E-state index in [0.29, 0.717) is 6.04 Å². The Kier molecular flexibility index (Phi) is 5.05.